The van der Waals surface area contributed by atoms with Crippen molar-refractivity contribution in [3.63, 3.8) is 0 Å². The Balaban J connectivity index is 1.94. The maximum absolute atomic E-state index is 12.5. The number of hydrogen-bond donors (Lipinski definition) is 3. The number of ether oxygens (including phenoxy) is 2. The zero-order valence-electron chi connectivity index (χ0n) is 13.7. The highest BCUT2D eigenvalue weighted by Gasteiger charge is 2.15. The zero-order valence-corrected chi connectivity index (χ0v) is 16.9. The Hall–Kier alpha value is -2.01. The monoisotopic (exact) mass is 457 g/mol. The van der Waals surface area contributed by atoms with Crippen molar-refractivity contribution < 1.29 is 19.1 Å². The first-order valence-corrected chi connectivity index (χ1v) is 9.46. The Morgan fingerprint density at radius 1 is 1.19 bits per heavy atom. The van der Waals surface area contributed by atoms with E-state index in [-0.39, 0.29) is 11.0 Å². The van der Waals surface area contributed by atoms with E-state index in [0.29, 0.717) is 33.9 Å². The molecule has 2 amide bonds. The maximum atomic E-state index is 12.5. The fourth-order valence-electron chi connectivity index (χ4n) is 1.83. The molecule has 10 heteroatoms. The first kappa shape index (κ1) is 20.3. The van der Waals surface area contributed by atoms with Gasteiger partial charge in [0.1, 0.15) is 12.4 Å². The number of thiophene rings is 1. The predicted octanol–water partition coefficient (Wildman–Crippen LogP) is 2.49. The summed E-state index contributed by atoms with van der Waals surface area (Å²) in [5, 5.41) is 4.24. The van der Waals surface area contributed by atoms with E-state index in [1.165, 1.54) is 11.3 Å². The molecular weight excluding hydrogens is 442 g/mol. The summed E-state index contributed by atoms with van der Waals surface area (Å²) in [6.45, 7) is 0.698. The third-order valence-corrected chi connectivity index (χ3v) is 4.56. The molecule has 0 fully saturated rings. The van der Waals surface area contributed by atoms with Crippen LogP contribution in [0, 0.1) is 0 Å². The van der Waals surface area contributed by atoms with Gasteiger partial charge in [-0.3, -0.25) is 25.8 Å². The van der Waals surface area contributed by atoms with Crippen molar-refractivity contribution in [1.82, 2.24) is 16.2 Å². The van der Waals surface area contributed by atoms with Crippen LogP contribution < -0.4 is 20.9 Å². The number of benzene rings is 1. The van der Waals surface area contributed by atoms with E-state index in [0.717, 1.165) is 0 Å². The van der Waals surface area contributed by atoms with Crippen LogP contribution in [0.25, 0.3) is 0 Å². The second kappa shape index (κ2) is 10.2. The van der Waals surface area contributed by atoms with Crippen molar-refractivity contribution >= 4 is 56.4 Å². The molecule has 0 saturated carbocycles. The average molecular weight is 458 g/mol. The summed E-state index contributed by atoms with van der Waals surface area (Å²) in [4.78, 5) is 24.8. The van der Waals surface area contributed by atoms with E-state index < -0.39 is 5.91 Å². The summed E-state index contributed by atoms with van der Waals surface area (Å²) < 4.78 is 11.2. The largest absolute Gasteiger partial charge is 0.490 e. The molecule has 0 atom stereocenters. The van der Waals surface area contributed by atoms with Gasteiger partial charge in [-0.2, -0.15) is 0 Å². The number of hydrazine groups is 1. The van der Waals surface area contributed by atoms with Crippen LogP contribution in [0.2, 0.25) is 0 Å². The van der Waals surface area contributed by atoms with E-state index >= 15 is 0 Å². The summed E-state index contributed by atoms with van der Waals surface area (Å²) in [6.07, 6.45) is 0. The van der Waals surface area contributed by atoms with Gasteiger partial charge in [-0.05, 0) is 41.9 Å². The lowest BCUT2D eigenvalue weighted by atomic mass is 10.2. The molecule has 0 unspecified atom stereocenters. The van der Waals surface area contributed by atoms with Gasteiger partial charge in [0.05, 0.1) is 17.0 Å². The van der Waals surface area contributed by atoms with Crippen LogP contribution in [0.5, 0.6) is 5.75 Å². The quantitative estimate of drug-likeness (QED) is 0.350. The fraction of sp³-hybridized carbons (Fsp3) is 0.188. The molecule has 0 aliphatic carbocycles. The number of thiocarbonyl (C=S) groups is 1. The molecule has 2 rings (SSSR count). The highest BCUT2D eigenvalue weighted by atomic mass is 79.9. The number of carbonyl (C=O) groups is 2. The van der Waals surface area contributed by atoms with Crippen LogP contribution in [-0.2, 0) is 4.74 Å². The van der Waals surface area contributed by atoms with Crippen molar-refractivity contribution in [2.75, 3.05) is 20.3 Å². The van der Waals surface area contributed by atoms with Gasteiger partial charge in [0.15, 0.2) is 5.11 Å². The van der Waals surface area contributed by atoms with Crippen LogP contribution in [0.4, 0.5) is 0 Å². The van der Waals surface area contributed by atoms with Gasteiger partial charge in [-0.1, -0.05) is 22.0 Å². The first-order valence-electron chi connectivity index (χ1n) is 7.37. The van der Waals surface area contributed by atoms with E-state index in [1.807, 2.05) is 0 Å². The number of amides is 2. The SMILES string of the molecule is COCCOc1ccc(Br)cc1C(=O)NC(=S)NNC(=O)c1cccs1. The summed E-state index contributed by atoms with van der Waals surface area (Å²) >= 11 is 9.65. The van der Waals surface area contributed by atoms with Crippen molar-refractivity contribution in [3.05, 3.63) is 50.6 Å². The van der Waals surface area contributed by atoms with E-state index in [4.69, 9.17) is 21.7 Å². The molecule has 26 heavy (non-hydrogen) atoms. The Labute approximate surface area is 168 Å². The average Bonchev–Trinajstić information content (AvgIpc) is 3.15. The Bertz CT molecular complexity index is 784. The van der Waals surface area contributed by atoms with Crippen LogP contribution in [0.1, 0.15) is 20.0 Å². The lowest BCUT2D eigenvalue weighted by Crippen LogP contribution is -2.48. The van der Waals surface area contributed by atoms with Crippen molar-refractivity contribution in [3.8, 4) is 5.75 Å². The fourth-order valence-corrected chi connectivity index (χ4v) is 2.95. The van der Waals surface area contributed by atoms with Crippen LogP contribution in [-0.4, -0.2) is 37.3 Å². The molecule has 0 aliphatic heterocycles. The smallest absolute Gasteiger partial charge is 0.279 e. The molecular formula is C16H16BrN3O4S2. The van der Waals surface area contributed by atoms with Gasteiger partial charge >= 0.3 is 0 Å². The maximum Gasteiger partial charge on any atom is 0.279 e. The number of rotatable bonds is 6. The molecule has 3 N–H and O–H groups in total. The van der Waals surface area contributed by atoms with Crippen LogP contribution in [0.15, 0.2) is 40.2 Å². The Morgan fingerprint density at radius 3 is 2.69 bits per heavy atom. The molecule has 0 bridgehead atoms. The normalized spacial score (nSPS) is 10.1. The molecule has 0 radical (unpaired) electrons. The summed E-state index contributed by atoms with van der Waals surface area (Å²) in [5.41, 5.74) is 5.21. The van der Waals surface area contributed by atoms with E-state index in [9.17, 15) is 9.59 Å². The van der Waals surface area contributed by atoms with Gasteiger partial charge in [0, 0.05) is 11.6 Å². The summed E-state index contributed by atoms with van der Waals surface area (Å²) in [5.74, 6) is -0.419. The molecule has 1 aromatic heterocycles. The van der Waals surface area contributed by atoms with E-state index in [1.54, 1.807) is 42.8 Å². The second-order valence-electron chi connectivity index (χ2n) is 4.82. The van der Waals surface area contributed by atoms with Crippen molar-refractivity contribution in [2.45, 2.75) is 0 Å². The molecule has 0 spiro atoms. The number of methoxy groups -OCH3 is 1. The van der Waals surface area contributed by atoms with Gasteiger partial charge < -0.3 is 9.47 Å². The standard InChI is InChI=1S/C16H16BrN3O4S2/c1-23-6-7-24-12-5-4-10(17)9-11(12)14(21)18-16(25)20-19-15(22)13-3-2-8-26-13/h2-5,8-9H,6-7H2,1H3,(H,19,22)(H2,18,20,21,25). The third-order valence-electron chi connectivity index (χ3n) is 2.99. The first-order chi connectivity index (χ1) is 12.5. The van der Waals surface area contributed by atoms with Crippen LogP contribution in [0.3, 0.4) is 0 Å². The molecule has 0 aliphatic rings. The van der Waals surface area contributed by atoms with Gasteiger partial charge in [0.2, 0.25) is 0 Å². The molecule has 2 aromatic rings. The van der Waals surface area contributed by atoms with Gasteiger partial charge in [-0.25, -0.2) is 0 Å². The number of nitrogens with one attached hydrogen (secondary N) is 3. The minimum Gasteiger partial charge on any atom is -0.490 e. The third kappa shape index (κ3) is 6.06. The van der Waals surface area contributed by atoms with Crippen molar-refractivity contribution in [2.24, 2.45) is 0 Å². The molecule has 7 nitrogen and oxygen atoms in total. The second-order valence-corrected chi connectivity index (χ2v) is 7.09. The predicted molar refractivity (Wildman–Crippen MR) is 106 cm³/mol. The number of halogens is 1. The van der Waals surface area contributed by atoms with E-state index in [2.05, 4.69) is 32.1 Å². The highest BCUT2D eigenvalue weighted by molar-refractivity contribution is 9.10. The van der Waals surface area contributed by atoms with Crippen LogP contribution >= 0.6 is 39.5 Å². The topological polar surface area (TPSA) is 88.7 Å². The molecule has 1 heterocycles. The summed E-state index contributed by atoms with van der Waals surface area (Å²) in [7, 11) is 1.56. The zero-order chi connectivity index (χ0) is 18.9. The lowest BCUT2D eigenvalue weighted by Gasteiger charge is -2.13. The Morgan fingerprint density at radius 2 is 2.00 bits per heavy atom. The minimum atomic E-state index is -0.471. The number of hydrogen-bond acceptors (Lipinski definition) is 6. The van der Waals surface area contributed by atoms with Gasteiger partial charge in [0.25, 0.3) is 11.8 Å². The van der Waals surface area contributed by atoms with Crippen molar-refractivity contribution in [1.29, 1.82) is 0 Å². The Kier molecular flexibility index (Phi) is 7.98. The minimum absolute atomic E-state index is 0.0391. The number of carbonyl (C=O) groups excluding carboxylic acids is 2. The highest BCUT2D eigenvalue weighted by Crippen LogP contribution is 2.23. The summed E-state index contributed by atoms with van der Waals surface area (Å²) in [6, 6.07) is 8.48. The van der Waals surface area contributed by atoms with Gasteiger partial charge in [-0.15, -0.1) is 11.3 Å². The lowest BCUT2D eigenvalue weighted by molar-refractivity contribution is 0.0936. The molecule has 0 saturated heterocycles. The molecule has 138 valence electrons. The molecule has 1 aromatic carbocycles.